The fourth-order valence-electron chi connectivity index (χ4n) is 5.67. The van der Waals surface area contributed by atoms with Gasteiger partial charge in [0, 0.05) is 5.56 Å². The number of aliphatic hydroxyl groups is 1. The summed E-state index contributed by atoms with van der Waals surface area (Å²) in [4.78, 5) is 11.7. The molecule has 360 valence electrons. The van der Waals surface area contributed by atoms with Crippen LogP contribution in [0.5, 0.6) is 0 Å². The van der Waals surface area contributed by atoms with E-state index >= 15 is 0 Å². The molecule has 0 aliphatic heterocycles. The molecule has 9 N–H and O–H groups in total. The number of aliphatic hydroxyl groups excluding tert-OH is 1. The number of nitrogens with zero attached hydrogens (tertiary/aromatic N) is 8. The van der Waals surface area contributed by atoms with Gasteiger partial charge in [-0.3, -0.25) is 13.7 Å². The fourth-order valence-corrected chi connectivity index (χ4v) is 8.12. The average Bonchev–Trinajstić information content (AvgIpc) is 3.26. The molecule has 30 heteroatoms. The molecule has 5 aromatic carbocycles. The van der Waals surface area contributed by atoms with E-state index in [0.717, 1.165) is 47.5 Å². The molecule has 68 heavy (non-hydrogen) atoms. The molecule has 5 rings (SSSR count). The Balaban J connectivity index is 1.56. The van der Waals surface area contributed by atoms with Crippen LogP contribution in [0.25, 0.3) is 0 Å². The van der Waals surface area contributed by atoms with Crippen LogP contribution in [0.2, 0.25) is 0 Å². The first-order valence-corrected chi connectivity index (χ1v) is 24.8. The lowest BCUT2D eigenvalue weighted by Crippen LogP contribution is -2.15. The number of carboxylic acids is 1. The molecule has 0 unspecified atom stereocenters. The molecule has 0 bridgehead atoms. The van der Waals surface area contributed by atoms with E-state index in [0.29, 0.717) is 12.1 Å². The van der Waals surface area contributed by atoms with E-state index < -0.39 is 110 Å². The number of hydrogen-bond acceptors (Lipinski definition) is 22. The zero-order chi connectivity index (χ0) is 50.0. The number of aryl methyl sites for hydroxylation is 2. The van der Waals surface area contributed by atoms with Crippen LogP contribution in [-0.4, -0.2) is 82.5 Å². The summed E-state index contributed by atoms with van der Waals surface area (Å²) in [5, 5.41) is 52.8. The van der Waals surface area contributed by atoms with Gasteiger partial charge < -0.3 is 21.7 Å². The second-order valence-electron chi connectivity index (χ2n) is 13.9. The van der Waals surface area contributed by atoms with Crippen LogP contribution in [0.15, 0.2) is 136 Å². The summed E-state index contributed by atoms with van der Waals surface area (Å²) in [7, 11) is -18.8. The Labute approximate surface area is 387 Å². The Bertz CT molecular complexity index is 3280. The standard InChI is InChI=1S/C38H38N10O16S4/c1-22-4-8-25(9-5-22)43-48-37-33(39)35(46-42-27-12-14-28(15-13-27)65(52,53)18-17-64-68(60,61)62)32(38(50)51)36(34(37)40)47-45-30-19-24(21-49)29(20-31(30)66(54,55)56)44-41-26-10-6-23(7-11-26)3-2-16-63-67(57,58)59/h4-15,19-20,49H,2-3,16-18,21,39-40H2,1H3,(H,50,51)(H,54,55,56)(H,57,58,59)(H,60,61,62). The maximum atomic E-state index is 12.9. The zero-order valence-corrected chi connectivity index (χ0v) is 38.2. The van der Waals surface area contributed by atoms with Crippen LogP contribution < -0.4 is 11.5 Å². The number of aromatic carboxylic acids is 1. The Hall–Kier alpha value is -6.87. The summed E-state index contributed by atoms with van der Waals surface area (Å²) in [5.41, 5.74) is 10.3. The molecule has 0 amide bonds. The number of azo groups is 4. The van der Waals surface area contributed by atoms with Gasteiger partial charge in [0.05, 0.1) is 64.6 Å². The summed E-state index contributed by atoms with van der Waals surface area (Å²) in [6, 6.07) is 19.2. The van der Waals surface area contributed by atoms with E-state index in [-0.39, 0.29) is 40.5 Å². The van der Waals surface area contributed by atoms with Crippen LogP contribution >= 0.6 is 0 Å². The van der Waals surface area contributed by atoms with Crippen LogP contribution in [0, 0.1) is 6.92 Å². The van der Waals surface area contributed by atoms with E-state index in [9.17, 15) is 53.2 Å². The van der Waals surface area contributed by atoms with Gasteiger partial charge in [-0.25, -0.2) is 21.6 Å². The number of carboxylic acid groups (broad SMARTS) is 1. The van der Waals surface area contributed by atoms with E-state index in [4.69, 9.17) is 20.6 Å². The minimum atomic E-state index is -5.17. The third kappa shape index (κ3) is 14.6. The minimum absolute atomic E-state index is 0.0673. The van der Waals surface area contributed by atoms with Gasteiger partial charge in [-0.2, -0.15) is 45.7 Å². The van der Waals surface area contributed by atoms with Crippen molar-refractivity contribution < 1.29 is 70.7 Å². The van der Waals surface area contributed by atoms with Crippen LogP contribution in [0.1, 0.15) is 33.5 Å². The normalized spacial score (nSPS) is 12.8. The van der Waals surface area contributed by atoms with Crippen molar-refractivity contribution in [2.75, 3.05) is 30.4 Å². The highest BCUT2D eigenvalue weighted by molar-refractivity contribution is 7.91. The highest BCUT2D eigenvalue weighted by atomic mass is 32.3. The zero-order valence-electron chi connectivity index (χ0n) is 34.9. The van der Waals surface area contributed by atoms with E-state index in [2.05, 4.69) is 49.3 Å². The summed E-state index contributed by atoms with van der Waals surface area (Å²) in [6.45, 7) is -0.118. The van der Waals surface area contributed by atoms with E-state index in [1.54, 1.807) is 36.4 Å². The van der Waals surface area contributed by atoms with Gasteiger partial charge in [0.25, 0.3) is 10.1 Å². The van der Waals surface area contributed by atoms with Crippen molar-refractivity contribution in [1.29, 1.82) is 0 Å². The van der Waals surface area contributed by atoms with Crippen LogP contribution in [0.3, 0.4) is 0 Å². The van der Waals surface area contributed by atoms with Gasteiger partial charge in [0.15, 0.2) is 9.84 Å². The number of benzene rings is 5. The number of hydrogen-bond donors (Lipinski definition) is 7. The quantitative estimate of drug-likeness (QED) is 0.0161. The average molecular weight is 1020 g/mol. The number of sulfone groups is 1. The number of rotatable bonds is 21. The Kier molecular flexibility index (Phi) is 16.7. The number of anilines is 2. The number of carbonyl (C=O) groups is 1. The molecule has 0 aromatic heterocycles. The van der Waals surface area contributed by atoms with Gasteiger partial charge >= 0.3 is 26.8 Å². The van der Waals surface area contributed by atoms with Gasteiger partial charge in [-0.15, -0.1) is 20.5 Å². The van der Waals surface area contributed by atoms with Crippen molar-refractivity contribution in [1.82, 2.24) is 0 Å². The van der Waals surface area contributed by atoms with Crippen molar-refractivity contribution in [2.24, 2.45) is 40.9 Å². The SMILES string of the molecule is Cc1ccc(N=Nc2c(N)c(N=Nc3ccc(S(=O)(=O)CCOS(=O)(=O)O)cc3)c(C(=O)O)c(N=Nc3cc(CO)c(N=Nc4ccc(CCCOS(=O)(=O)O)cc4)cc3S(=O)(=O)O)c2N)cc1. The Morgan fingerprint density at radius 2 is 1.07 bits per heavy atom. The van der Waals surface area contributed by atoms with Gasteiger partial charge in [0.2, 0.25) is 0 Å². The molecule has 0 saturated heterocycles. The molecular formula is C38H38N10O16S4. The lowest BCUT2D eigenvalue weighted by atomic mass is 10.1. The first-order chi connectivity index (χ1) is 31.8. The van der Waals surface area contributed by atoms with Crippen LogP contribution in [-0.2, 0) is 62.1 Å². The molecule has 0 fully saturated rings. The summed E-state index contributed by atoms with van der Waals surface area (Å²) in [6.07, 6.45) is 0.614. The molecule has 0 heterocycles. The van der Waals surface area contributed by atoms with E-state index in [1.165, 1.54) is 12.1 Å². The molecule has 0 radical (unpaired) electrons. The fraction of sp³-hybridized carbons (Fsp3) is 0.184. The van der Waals surface area contributed by atoms with Gasteiger partial charge in [-0.1, -0.05) is 29.8 Å². The predicted octanol–water partition coefficient (Wildman–Crippen LogP) is 7.60. The second-order valence-corrected chi connectivity index (χ2v) is 19.5. The minimum Gasteiger partial charge on any atom is -0.478 e. The largest absolute Gasteiger partial charge is 0.478 e. The lowest BCUT2D eigenvalue weighted by molar-refractivity contribution is 0.0698. The molecule has 0 spiro atoms. The Morgan fingerprint density at radius 1 is 0.603 bits per heavy atom. The third-order valence-corrected chi connectivity index (χ3v) is 12.5. The lowest BCUT2D eigenvalue weighted by Gasteiger charge is -2.13. The third-order valence-electron chi connectivity index (χ3n) is 8.97. The first-order valence-electron chi connectivity index (χ1n) is 19.0. The van der Waals surface area contributed by atoms with Crippen molar-refractivity contribution in [2.45, 2.75) is 36.2 Å². The molecule has 0 saturated carbocycles. The molecule has 5 aromatic rings. The molecular weight excluding hydrogens is 981 g/mol. The maximum Gasteiger partial charge on any atom is 0.397 e. The smallest absolute Gasteiger partial charge is 0.397 e. The molecule has 0 atom stereocenters. The van der Waals surface area contributed by atoms with Crippen molar-refractivity contribution in [3.63, 3.8) is 0 Å². The topological polar surface area (TPSA) is 424 Å². The first kappa shape index (κ1) is 52.1. The van der Waals surface area contributed by atoms with E-state index in [1.807, 2.05) is 6.92 Å². The maximum absolute atomic E-state index is 12.9. The van der Waals surface area contributed by atoms with Crippen molar-refractivity contribution in [3.8, 4) is 0 Å². The molecule has 0 aliphatic rings. The number of nitrogen functional groups attached to an aromatic ring is 2. The highest BCUT2D eigenvalue weighted by Crippen LogP contribution is 2.49. The van der Waals surface area contributed by atoms with Crippen molar-refractivity contribution in [3.05, 3.63) is 107 Å². The molecule has 26 nitrogen and oxygen atoms in total. The predicted molar refractivity (Wildman–Crippen MR) is 241 cm³/mol. The van der Waals surface area contributed by atoms with Gasteiger partial charge in [-0.05, 0) is 86.0 Å². The Morgan fingerprint density at radius 3 is 1.59 bits per heavy atom. The number of nitrogens with two attached hydrogens (primary N) is 2. The van der Waals surface area contributed by atoms with Gasteiger partial charge in [0.1, 0.15) is 33.2 Å². The highest BCUT2D eigenvalue weighted by Gasteiger charge is 2.28. The van der Waals surface area contributed by atoms with Crippen LogP contribution in [0.4, 0.5) is 56.9 Å². The monoisotopic (exact) mass is 1020 g/mol. The molecule has 0 aliphatic carbocycles. The summed E-state index contributed by atoms with van der Waals surface area (Å²) < 4.78 is 130. The second kappa shape index (κ2) is 21.8. The summed E-state index contributed by atoms with van der Waals surface area (Å²) in [5.74, 6) is -2.60. The van der Waals surface area contributed by atoms with Crippen molar-refractivity contribution >= 4 is 104 Å². The summed E-state index contributed by atoms with van der Waals surface area (Å²) >= 11 is 0.